The number of halogens is 1. The molecule has 1 aromatic carbocycles. The van der Waals surface area contributed by atoms with E-state index in [0.29, 0.717) is 0 Å². The minimum Gasteiger partial charge on any atom is -0.396 e. The molecule has 1 heterocycles. The van der Waals surface area contributed by atoms with Crippen LogP contribution in [0.4, 0.5) is 5.69 Å². The first-order valence-electron chi connectivity index (χ1n) is 6.42. The maximum atomic E-state index is 9.24. The molecular formula is C14H21ClN2O. The van der Waals surface area contributed by atoms with E-state index in [-0.39, 0.29) is 18.2 Å². The second-order valence-corrected chi connectivity index (χ2v) is 5.84. The lowest BCUT2D eigenvalue weighted by molar-refractivity contribution is 0.241. The van der Waals surface area contributed by atoms with Crippen LogP contribution in [0.15, 0.2) is 24.3 Å². The molecule has 0 bridgehead atoms. The minimum absolute atomic E-state index is 0.0108. The predicted octanol–water partition coefficient (Wildman–Crippen LogP) is 2.28. The number of aliphatic hydroxyl groups excluding tert-OH is 1. The van der Waals surface area contributed by atoms with Gasteiger partial charge in [0.15, 0.2) is 0 Å². The van der Waals surface area contributed by atoms with Gasteiger partial charge in [-0.2, -0.15) is 0 Å². The Hall–Kier alpha value is -0.770. The number of piperazine rings is 1. The number of nitrogens with one attached hydrogen (secondary N) is 1. The quantitative estimate of drug-likeness (QED) is 0.883. The number of aliphatic hydroxyl groups is 1. The van der Waals surface area contributed by atoms with E-state index in [9.17, 15) is 5.11 Å². The van der Waals surface area contributed by atoms with Crippen molar-refractivity contribution in [2.24, 2.45) is 0 Å². The Labute approximate surface area is 114 Å². The van der Waals surface area contributed by atoms with Crippen molar-refractivity contribution in [1.29, 1.82) is 0 Å². The van der Waals surface area contributed by atoms with Crippen molar-refractivity contribution in [1.82, 2.24) is 5.32 Å². The summed E-state index contributed by atoms with van der Waals surface area (Å²) >= 11 is 6.33. The molecule has 3 nitrogen and oxygen atoms in total. The number of rotatable bonds is 3. The SMILES string of the molecule is CC1(C)CNCC(CCO)N1c1ccccc1Cl. The Morgan fingerprint density at radius 1 is 1.44 bits per heavy atom. The van der Waals surface area contributed by atoms with Crippen LogP contribution in [0.2, 0.25) is 5.02 Å². The average Bonchev–Trinajstić information content (AvgIpc) is 2.30. The Morgan fingerprint density at radius 3 is 2.83 bits per heavy atom. The number of anilines is 1. The van der Waals surface area contributed by atoms with Crippen LogP contribution in [-0.2, 0) is 0 Å². The number of hydrogen-bond donors (Lipinski definition) is 2. The van der Waals surface area contributed by atoms with Crippen LogP contribution in [0.5, 0.6) is 0 Å². The number of hydrogen-bond acceptors (Lipinski definition) is 3. The molecule has 0 amide bonds. The molecule has 1 fully saturated rings. The molecule has 0 saturated carbocycles. The van der Waals surface area contributed by atoms with Gasteiger partial charge >= 0.3 is 0 Å². The molecule has 1 aliphatic rings. The third kappa shape index (κ3) is 2.63. The average molecular weight is 269 g/mol. The van der Waals surface area contributed by atoms with Gasteiger partial charge in [-0.3, -0.25) is 0 Å². The van der Waals surface area contributed by atoms with Gasteiger partial charge in [-0.25, -0.2) is 0 Å². The molecule has 4 heteroatoms. The van der Waals surface area contributed by atoms with Gasteiger partial charge < -0.3 is 15.3 Å². The monoisotopic (exact) mass is 268 g/mol. The summed E-state index contributed by atoms with van der Waals surface area (Å²) in [6.07, 6.45) is 0.752. The Bertz CT molecular complexity index is 407. The summed E-state index contributed by atoms with van der Waals surface area (Å²) in [5.74, 6) is 0. The van der Waals surface area contributed by atoms with Gasteiger partial charge in [-0.15, -0.1) is 0 Å². The molecule has 18 heavy (non-hydrogen) atoms. The standard InChI is InChI=1S/C14H21ClN2O/c1-14(2)10-16-9-11(7-8-18)17(14)13-6-4-3-5-12(13)15/h3-6,11,16,18H,7-10H2,1-2H3. The molecule has 0 spiro atoms. The van der Waals surface area contributed by atoms with Gasteiger partial charge in [0.05, 0.1) is 10.7 Å². The Kier molecular flexibility index (Phi) is 4.15. The van der Waals surface area contributed by atoms with Crippen molar-refractivity contribution in [2.75, 3.05) is 24.6 Å². The molecule has 1 saturated heterocycles. The van der Waals surface area contributed by atoms with Crippen LogP contribution < -0.4 is 10.2 Å². The third-order valence-electron chi connectivity index (χ3n) is 3.53. The lowest BCUT2D eigenvalue weighted by atomic mass is 9.93. The second kappa shape index (κ2) is 5.47. The summed E-state index contributed by atoms with van der Waals surface area (Å²) < 4.78 is 0. The summed E-state index contributed by atoms with van der Waals surface area (Å²) in [6.45, 7) is 6.40. The fourth-order valence-corrected chi connectivity index (χ4v) is 2.99. The highest BCUT2D eigenvalue weighted by Gasteiger charge is 2.36. The number of para-hydroxylation sites is 1. The van der Waals surface area contributed by atoms with Crippen molar-refractivity contribution < 1.29 is 5.11 Å². The van der Waals surface area contributed by atoms with E-state index < -0.39 is 0 Å². The first kappa shape index (κ1) is 13.7. The van der Waals surface area contributed by atoms with Crippen molar-refractivity contribution >= 4 is 17.3 Å². The maximum absolute atomic E-state index is 9.24. The van der Waals surface area contributed by atoms with Crippen LogP contribution in [0.1, 0.15) is 20.3 Å². The van der Waals surface area contributed by atoms with E-state index in [1.54, 1.807) is 0 Å². The van der Waals surface area contributed by atoms with E-state index in [4.69, 9.17) is 11.6 Å². The Morgan fingerprint density at radius 2 is 2.17 bits per heavy atom. The number of benzene rings is 1. The van der Waals surface area contributed by atoms with Gasteiger partial charge in [0.2, 0.25) is 0 Å². The molecule has 2 rings (SSSR count). The topological polar surface area (TPSA) is 35.5 Å². The van der Waals surface area contributed by atoms with Gasteiger partial charge in [0.1, 0.15) is 0 Å². The molecule has 0 radical (unpaired) electrons. The number of nitrogens with zero attached hydrogens (tertiary/aromatic N) is 1. The molecule has 2 N–H and O–H groups in total. The summed E-state index contributed by atoms with van der Waals surface area (Å²) in [7, 11) is 0. The normalized spacial score (nSPS) is 23.1. The van der Waals surface area contributed by atoms with Gasteiger partial charge in [-0.1, -0.05) is 23.7 Å². The molecule has 1 aliphatic heterocycles. The zero-order chi connectivity index (χ0) is 13.2. The van der Waals surface area contributed by atoms with E-state index in [0.717, 1.165) is 30.2 Å². The first-order chi connectivity index (χ1) is 8.56. The molecule has 1 atom stereocenters. The fraction of sp³-hybridized carbons (Fsp3) is 0.571. The van der Waals surface area contributed by atoms with Crippen LogP contribution >= 0.6 is 11.6 Å². The summed E-state index contributed by atoms with van der Waals surface area (Å²) in [5, 5.41) is 13.4. The molecule has 0 aromatic heterocycles. The zero-order valence-electron chi connectivity index (χ0n) is 11.0. The predicted molar refractivity (Wildman–Crippen MR) is 76.4 cm³/mol. The molecule has 1 unspecified atom stereocenters. The van der Waals surface area contributed by atoms with Crippen LogP contribution in [-0.4, -0.2) is 36.4 Å². The van der Waals surface area contributed by atoms with E-state index in [2.05, 4.69) is 30.1 Å². The second-order valence-electron chi connectivity index (χ2n) is 5.43. The van der Waals surface area contributed by atoms with E-state index >= 15 is 0 Å². The van der Waals surface area contributed by atoms with Crippen molar-refractivity contribution in [3.8, 4) is 0 Å². The lowest BCUT2D eigenvalue weighted by Crippen LogP contribution is -2.63. The highest BCUT2D eigenvalue weighted by molar-refractivity contribution is 6.33. The van der Waals surface area contributed by atoms with Gasteiger partial charge in [0, 0.05) is 31.3 Å². The Balaban J connectivity index is 2.37. The summed E-state index contributed by atoms with van der Waals surface area (Å²) in [4.78, 5) is 2.35. The van der Waals surface area contributed by atoms with Crippen LogP contribution in [0.3, 0.4) is 0 Å². The third-order valence-corrected chi connectivity index (χ3v) is 3.85. The highest BCUT2D eigenvalue weighted by atomic mass is 35.5. The molecular weight excluding hydrogens is 248 g/mol. The lowest BCUT2D eigenvalue weighted by Gasteiger charge is -2.50. The summed E-state index contributed by atoms with van der Waals surface area (Å²) in [6, 6.07) is 8.21. The molecule has 1 aromatic rings. The highest BCUT2D eigenvalue weighted by Crippen LogP contribution is 2.34. The fourth-order valence-electron chi connectivity index (χ4n) is 2.77. The van der Waals surface area contributed by atoms with Crippen molar-refractivity contribution in [2.45, 2.75) is 31.8 Å². The van der Waals surface area contributed by atoms with Gasteiger partial charge in [0.25, 0.3) is 0 Å². The van der Waals surface area contributed by atoms with Crippen LogP contribution in [0, 0.1) is 0 Å². The first-order valence-corrected chi connectivity index (χ1v) is 6.79. The molecule has 0 aliphatic carbocycles. The zero-order valence-corrected chi connectivity index (χ0v) is 11.7. The minimum atomic E-state index is -0.0108. The maximum Gasteiger partial charge on any atom is 0.0639 e. The van der Waals surface area contributed by atoms with E-state index in [1.807, 2.05) is 18.2 Å². The van der Waals surface area contributed by atoms with Gasteiger partial charge in [-0.05, 0) is 32.4 Å². The largest absolute Gasteiger partial charge is 0.396 e. The van der Waals surface area contributed by atoms with Crippen molar-refractivity contribution in [3.05, 3.63) is 29.3 Å². The summed E-state index contributed by atoms with van der Waals surface area (Å²) in [5.41, 5.74) is 1.05. The smallest absolute Gasteiger partial charge is 0.0639 e. The van der Waals surface area contributed by atoms with Crippen molar-refractivity contribution in [3.63, 3.8) is 0 Å². The van der Waals surface area contributed by atoms with Crippen LogP contribution in [0.25, 0.3) is 0 Å². The van der Waals surface area contributed by atoms with E-state index in [1.165, 1.54) is 0 Å². The molecule has 100 valence electrons.